The number of ether oxygens (including phenoxy) is 1. The fraction of sp³-hybridized carbons (Fsp3) is 0.216. The van der Waals surface area contributed by atoms with Crippen molar-refractivity contribution in [2.75, 3.05) is 6.54 Å². The van der Waals surface area contributed by atoms with Crippen molar-refractivity contribution in [3.8, 4) is 17.0 Å². The van der Waals surface area contributed by atoms with Gasteiger partial charge < -0.3 is 19.7 Å². The molecule has 0 radical (unpaired) electrons. The molecule has 0 bridgehead atoms. The zero-order valence-electron chi connectivity index (χ0n) is 25.5. The second-order valence-electron chi connectivity index (χ2n) is 11.0. The number of amides is 1. The van der Waals surface area contributed by atoms with Gasteiger partial charge in [0.1, 0.15) is 24.1 Å². The summed E-state index contributed by atoms with van der Waals surface area (Å²) in [6.07, 6.45) is 4.55. The topological polar surface area (TPSA) is 93.5 Å². The van der Waals surface area contributed by atoms with Crippen LogP contribution in [-0.4, -0.2) is 33.1 Å². The minimum Gasteiger partial charge on any atom is -0.489 e. The van der Waals surface area contributed by atoms with Gasteiger partial charge in [-0.2, -0.15) is 0 Å². The average Bonchev–Trinajstić information content (AvgIpc) is 3.47. The quantitative estimate of drug-likeness (QED) is 0.125. The Balaban J connectivity index is 1.27. The van der Waals surface area contributed by atoms with E-state index in [1.54, 1.807) is 36.4 Å². The normalized spacial score (nSPS) is 11.6. The molecule has 7 nitrogen and oxygen atoms in total. The monoisotopic (exact) mass is 655 g/mol. The number of nitrogens with one attached hydrogen (secondary N) is 1. The van der Waals surface area contributed by atoms with Crippen molar-refractivity contribution in [3.63, 3.8) is 0 Å². The molecule has 236 valence electrons. The number of benzene rings is 4. The summed E-state index contributed by atoms with van der Waals surface area (Å²) >= 11 is 12.7. The predicted molar refractivity (Wildman–Crippen MR) is 182 cm³/mol. The molecule has 5 rings (SSSR count). The molecule has 0 saturated carbocycles. The number of nitrogens with zero attached hydrogens (tertiary/aromatic N) is 2. The van der Waals surface area contributed by atoms with Crippen molar-refractivity contribution in [2.45, 2.75) is 45.3 Å². The molecular formula is C37H35Cl2N3O4. The summed E-state index contributed by atoms with van der Waals surface area (Å²) in [7, 11) is 0. The predicted octanol–water partition coefficient (Wildman–Crippen LogP) is 8.43. The highest BCUT2D eigenvalue weighted by molar-refractivity contribution is 6.36. The van der Waals surface area contributed by atoms with E-state index in [4.69, 9.17) is 38.0 Å². The summed E-state index contributed by atoms with van der Waals surface area (Å²) in [5.74, 6) is -0.329. The van der Waals surface area contributed by atoms with Gasteiger partial charge in [-0.1, -0.05) is 91.1 Å². The zero-order chi connectivity index (χ0) is 32.5. The van der Waals surface area contributed by atoms with Crippen molar-refractivity contribution < 1.29 is 19.4 Å². The SMILES string of the molecule is CCCCn1cc(-c2ccc(Cl)cc2Cl)nc1[C@@H](C(=O)NCCc1ccc(OCc2ccc(C(=O)O)cc2)cc1)c1ccccc1. The molecule has 1 aromatic heterocycles. The Kier molecular flexibility index (Phi) is 11.1. The minimum atomic E-state index is -0.957. The van der Waals surface area contributed by atoms with E-state index in [0.29, 0.717) is 46.9 Å². The summed E-state index contributed by atoms with van der Waals surface area (Å²) in [6.45, 7) is 3.64. The number of hydrogen-bond donors (Lipinski definition) is 2. The molecule has 0 aliphatic rings. The molecule has 0 unspecified atom stereocenters. The number of carbonyl (C=O) groups is 2. The molecule has 5 aromatic rings. The van der Waals surface area contributed by atoms with Crippen molar-refractivity contribution in [1.82, 2.24) is 14.9 Å². The van der Waals surface area contributed by atoms with Crippen LogP contribution < -0.4 is 10.1 Å². The van der Waals surface area contributed by atoms with Gasteiger partial charge in [0.15, 0.2) is 0 Å². The van der Waals surface area contributed by atoms with E-state index in [1.807, 2.05) is 66.9 Å². The number of aromatic nitrogens is 2. The maximum absolute atomic E-state index is 13.9. The summed E-state index contributed by atoms with van der Waals surface area (Å²) < 4.78 is 7.93. The van der Waals surface area contributed by atoms with E-state index in [1.165, 1.54) is 0 Å². The Morgan fingerprint density at radius 3 is 2.33 bits per heavy atom. The fourth-order valence-corrected chi connectivity index (χ4v) is 5.66. The molecule has 46 heavy (non-hydrogen) atoms. The lowest BCUT2D eigenvalue weighted by molar-refractivity contribution is -0.121. The number of imidazole rings is 1. The maximum Gasteiger partial charge on any atom is 0.335 e. The fourth-order valence-electron chi connectivity index (χ4n) is 5.15. The van der Waals surface area contributed by atoms with Gasteiger partial charge in [-0.3, -0.25) is 4.79 Å². The van der Waals surface area contributed by atoms with Crippen LogP contribution in [0.25, 0.3) is 11.3 Å². The molecule has 1 atom stereocenters. The summed E-state index contributed by atoms with van der Waals surface area (Å²) in [5.41, 5.74) is 4.49. The first-order valence-electron chi connectivity index (χ1n) is 15.2. The van der Waals surface area contributed by atoms with Gasteiger partial charge in [0.2, 0.25) is 5.91 Å². The van der Waals surface area contributed by atoms with Gasteiger partial charge in [0, 0.05) is 29.9 Å². The maximum atomic E-state index is 13.9. The van der Waals surface area contributed by atoms with Gasteiger partial charge >= 0.3 is 5.97 Å². The first-order chi connectivity index (χ1) is 22.3. The number of unbranched alkanes of at least 4 members (excludes halogenated alkanes) is 1. The molecule has 0 aliphatic heterocycles. The largest absolute Gasteiger partial charge is 0.489 e. The van der Waals surface area contributed by atoms with Gasteiger partial charge in [-0.15, -0.1) is 0 Å². The first kappa shape index (κ1) is 32.8. The Morgan fingerprint density at radius 1 is 0.935 bits per heavy atom. The Morgan fingerprint density at radius 2 is 1.65 bits per heavy atom. The van der Waals surface area contributed by atoms with Crippen molar-refractivity contribution >= 4 is 35.1 Å². The molecule has 4 aromatic carbocycles. The summed E-state index contributed by atoms with van der Waals surface area (Å²) in [6, 6.07) is 29.4. The highest BCUT2D eigenvalue weighted by Gasteiger charge is 2.28. The van der Waals surface area contributed by atoms with Gasteiger partial charge in [0.25, 0.3) is 0 Å². The molecule has 0 fully saturated rings. The van der Waals surface area contributed by atoms with Crippen molar-refractivity contribution in [2.24, 2.45) is 0 Å². The standard InChI is InChI=1S/C37H35Cl2N3O4/c1-2-3-21-42-23-33(31-18-15-29(38)22-32(31)39)41-35(42)34(27-7-5-4-6-8-27)36(43)40-20-19-25-11-16-30(17-12-25)46-24-26-9-13-28(14-10-26)37(44)45/h4-18,22-23,34H,2-3,19-21,24H2,1H3,(H,40,43)(H,44,45)/t34-/m0/s1. The smallest absolute Gasteiger partial charge is 0.335 e. The number of aromatic carboxylic acids is 1. The molecule has 2 N–H and O–H groups in total. The summed E-state index contributed by atoms with van der Waals surface area (Å²) in [5, 5.41) is 13.3. The summed E-state index contributed by atoms with van der Waals surface area (Å²) in [4.78, 5) is 29.9. The van der Waals surface area contributed by atoms with Gasteiger partial charge in [-0.05, 0) is 72.0 Å². The number of hydrogen-bond acceptors (Lipinski definition) is 4. The van der Waals surface area contributed by atoms with E-state index in [-0.39, 0.29) is 11.5 Å². The molecule has 0 aliphatic carbocycles. The number of carbonyl (C=O) groups excluding carboxylic acids is 1. The highest BCUT2D eigenvalue weighted by Crippen LogP contribution is 2.33. The number of halogens is 2. The molecule has 0 spiro atoms. The van der Waals surface area contributed by atoms with E-state index in [0.717, 1.165) is 41.6 Å². The molecular weight excluding hydrogens is 621 g/mol. The highest BCUT2D eigenvalue weighted by atomic mass is 35.5. The van der Waals surface area contributed by atoms with E-state index in [9.17, 15) is 9.59 Å². The molecule has 1 amide bonds. The third-order valence-electron chi connectivity index (χ3n) is 7.66. The number of rotatable bonds is 14. The third kappa shape index (κ3) is 8.36. The Labute approximate surface area is 278 Å². The number of carboxylic acids is 1. The average molecular weight is 657 g/mol. The Bertz CT molecular complexity index is 1770. The van der Waals surface area contributed by atoms with E-state index in [2.05, 4.69) is 16.8 Å². The van der Waals surface area contributed by atoms with Gasteiger partial charge in [0.05, 0.1) is 16.3 Å². The van der Waals surface area contributed by atoms with Crippen molar-refractivity contribution in [3.05, 3.63) is 141 Å². The van der Waals surface area contributed by atoms with Crippen LogP contribution in [0.2, 0.25) is 10.0 Å². The number of carboxylic acid groups (broad SMARTS) is 1. The van der Waals surface area contributed by atoms with Crippen LogP contribution in [0.5, 0.6) is 5.75 Å². The second-order valence-corrected chi connectivity index (χ2v) is 11.8. The lowest BCUT2D eigenvalue weighted by Crippen LogP contribution is -2.33. The molecule has 1 heterocycles. The lowest BCUT2D eigenvalue weighted by Gasteiger charge is -2.19. The van der Waals surface area contributed by atoms with Crippen molar-refractivity contribution in [1.29, 1.82) is 0 Å². The lowest BCUT2D eigenvalue weighted by atomic mass is 9.97. The zero-order valence-corrected chi connectivity index (χ0v) is 27.0. The van der Waals surface area contributed by atoms with Crippen LogP contribution in [0.4, 0.5) is 0 Å². The first-order valence-corrected chi connectivity index (χ1v) is 16.0. The third-order valence-corrected chi connectivity index (χ3v) is 8.21. The van der Waals surface area contributed by atoms with Crippen LogP contribution in [0.15, 0.2) is 103 Å². The van der Waals surface area contributed by atoms with E-state index >= 15 is 0 Å². The van der Waals surface area contributed by atoms with Crippen LogP contribution in [0.3, 0.4) is 0 Å². The van der Waals surface area contributed by atoms with Crippen LogP contribution in [-0.2, 0) is 24.4 Å². The molecule has 0 saturated heterocycles. The van der Waals surface area contributed by atoms with Gasteiger partial charge in [-0.25, -0.2) is 9.78 Å². The minimum absolute atomic E-state index is 0.128. The second kappa shape index (κ2) is 15.6. The Hall–Kier alpha value is -4.59. The van der Waals surface area contributed by atoms with E-state index < -0.39 is 11.9 Å². The molecule has 9 heteroatoms. The van der Waals surface area contributed by atoms with Crippen LogP contribution in [0.1, 0.15) is 58.6 Å². The van der Waals surface area contributed by atoms with Crippen LogP contribution >= 0.6 is 23.2 Å². The number of aryl methyl sites for hydroxylation is 1. The van der Waals surface area contributed by atoms with Crippen LogP contribution in [0, 0.1) is 0 Å².